The van der Waals surface area contributed by atoms with E-state index in [4.69, 9.17) is 0 Å². The van der Waals surface area contributed by atoms with Crippen molar-refractivity contribution in [2.45, 2.75) is 12.0 Å². The molecule has 1 aromatic rings. The molecule has 1 aromatic carbocycles. The van der Waals surface area contributed by atoms with Crippen LogP contribution in [-0.4, -0.2) is 38.1 Å². The molecule has 0 aromatic heterocycles. The number of hydrogen-bond donors (Lipinski definition) is 1. The molecule has 0 aliphatic carbocycles. The van der Waals surface area contributed by atoms with Gasteiger partial charge in [0, 0.05) is 25.0 Å². The van der Waals surface area contributed by atoms with Gasteiger partial charge in [0.1, 0.15) is 0 Å². The van der Waals surface area contributed by atoms with Crippen LogP contribution in [0.1, 0.15) is 11.5 Å². The molecule has 0 radical (unpaired) electrons. The molecule has 2 nitrogen and oxygen atoms in total. The van der Waals surface area contributed by atoms with E-state index >= 15 is 0 Å². The summed E-state index contributed by atoms with van der Waals surface area (Å²) in [6, 6.07) is 11.4. The lowest BCUT2D eigenvalue weighted by atomic mass is 9.94. The lowest BCUT2D eigenvalue weighted by Gasteiger charge is -2.25. The average molecular weight is 190 g/mol. The van der Waals surface area contributed by atoms with Crippen LogP contribution in [0.2, 0.25) is 0 Å². The predicted octanol–water partition coefficient (Wildman–Crippen LogP) is 1.30. The smallest absolute Gasteiger partial charge is 0.0295 e. The van der Waals surface area contributed by atoms with Crippen LogP contribution in [0.15, 0.2) is 30.3 Å². The van der Waals surface area contributed by atoms with Gasteiger partial charge in [0.05, 0.1) is 0 Å². The van der Waals surface area contributed by atoms with Crippen molar-refractivity contribution >= 4 is 0 Å². The SMILES string of the molecule is CN(C)C1CNCC1c1ccccc1. The van der Waals surface area contributed by atoms with Gasteiger partial charge in [-0.1, -0.05) is 30.3 Å². The van der Waals surface area contributed by atoms with Gasteiger partial charge in [0.25, 0.3) is 0 Å². The second-order valence-corrected chi connectivity index (χ2v) is 4.21. The molecule has 1 N–H and O–H groups in total. The van der Waals surface area contributed by atoms with Crippen LogP contribution in [0.3, 0.4) is 0 Å². The van der Waals surface area contributed by atoms with Gasteiger partial charge >= 0.3 is 0 Å². The van der Waals surface area contributed by atoms with E-state index in [1.54, 1.807) is 0 Å². The minimum atomic E-state index is 0.636. The first-order valence-electron chi connectivity index (χ1n) is 5.21. The highest BCUT2D eigenvalue weighted by Gasteiger charge is 2.29. The van der Waals surface area contributed by atoms with Crippen molar-refractivity contribution in [2.75, 3.05) is 27.2 Å². The topological polar surface area (TPSA) is 15.3 Å². The molecule has 0 saturated carbocycles. The maximum atomic E-state index is 3.46. The summed E-state index contributed by atoms with van der Waals surface area (Å²) in [5, 5.41) is 3.46. The predicted molar refractivity (Wildman–Crippen MR) is 59.5 cm³/mol. The van der Waals surface area contributed by atoms with Crippen molar-refractivity contribution in [3.8, 4) is 0 Å². The lowest BCUT2D eigenvalue weighted by molar-refractivity contribution is 0.291. The number of rotatable bonds is 2. The van der Waals surface area contributed by atoms with E-state index in [1.165, 1.54) is 5.56 Å². The lowest BCUT2D eigenvalue weighted by Crippen LogP contribution is -2.33. The monoisotopic (exact) mass is 190 g/mol. The quantitative estimate of drug-likeness (QED) is 0.756. The zero-order valence-electron chi connectivity index (χ0n) is 8.90. The molecule has 76 valence electrons. The standard InChI is InChI=1S/C12H18N2/c1-14(2)12-9-13-8-11(12)10-6-4-3-5-7-10/h3-7,11-13H,8-9H2,1-2H3. The Balaban J connectivity index is 2.18. The second kappa shape index (κ2) is 4.11. The molecule has 2 atom stereocenters. The Morgan fingerprint density at radius 1 is 1.14 bits per heavy atom. The van der Waals surface area contributed by atoms with Crippen molar-refractivity contribution in [3.63, 3.8) is 0 Å². The summed E-state index contributed by atoms with van der Waals surface area (Å²) in [7, 11) is 4.32. The molecule has 1 fully saturated rings. The Hall–Kier alpha value is -0.860. The summed E-state index contributed by atoms with van der Waals surface area (Å²) in [6.45, 7) is 2.21. The summed E-state index contributed by atoms with van der Waals surface area (Å²) >= 11 is 0. The van der Waals surface area contributed by atoms with Crippen molar-refractivity contribution in [3.05, 3.63) is 35.9 Å². The Morgan fingerprint density at radius 3 is 2.50 bits per heavy atom. The van der Waals surface area contributed by atoms with Gasteiger partial charge in [0.2, 0.25) is 0 Å². The van der Waals surface area contributed by atoms with Crippen LogP contribution < -0.4 is 5.32 Å². The molecule has 2 rings (SSSR count). The van der Waals surface area contributed by atoms with Crippen LogP contribution in [0.5, 0.6) is 0 Å². The highest BCUT2D eigenvalue weighted by atomic mass is 15.2. The Bertz CT molecular complexity index is 282. The van der Waals surface area contributed by atoms with Crippen molar-refractivity contribution in [1.82, 2.24) is 10.2 Å². The number of nitrogens with zero attached hydrogens (tertiary/aromatic N) is 1. The van der Waals surface area contributed by atoms with Crippen molar-refractivity contribution in [2.24, 2.45) is 0 Å². The molecule has 2 unspecified atom stereocenters. The third kappa shape index (κ3) is 1.81. The normalized spacial score (nSPS) is 27.1. The van der Waals surface area contributed by atoms with Gasteiger partial charge in [-0.2, -0.15) is 0 Å². The van der Waals surface area contributed by atoms with Gasteiger partial charge in [0.15, 0.2) is 0 Å². The molecular formula is C12H18N2. The Kier molecular flexibility index (Phi) is 2.85. The Morgan fingerprint density at radius 2 is 1.86 bits per heavy atom. The molecule has 2 heteroatoms. The summed E-state index contributed by atoms with van der Waals surface area (Å²) in [5.74, 6) is 0.645. The summed E-state index contributed by atoms with van der Waals surface area (Å²) in [4.78, 5) is 2.32. The van der Waals surface area contributed by atoms with Crippen LogP contribution in [-0.2, 0) is 0 Å². The van der Waals surface area contributed by atoms with Crippen LogP contribution >= 0.6 is 0 Å². The fourth-order valence-corrected chi connectivity index (χ4v) is 2.25. The molecular weight excluding hydrogens is 172 g/mol. The number of benzene rings is 1. The zero-order valence-corrected chi connectivity index (χ0v) is 8.90. The van der Waals surface area contributed by atoms with Crippen LogP contribution in [0.4, 0.5) is 0 Å². The molecule has 0 bridgehead atoms. The maximum Gasteiger partial charge on any atom is 0.0295 e. The molecule has 1 heterocycles. The number of nitrogens with one attached hydrogen (secondary N) is 1. The average Bonchev–Trinajstić information content (AvgIpc) is 2.67. The minimum Gasteiger partial charge on any atom is -0.314 e. The highest BCUT2D eigenvalue weighted by Crippen LogP contribution is 2.24. The number of hydrogen-bond acceptors (Lipinski definition) is 2. The van der Waals surface area contributed by atoms with E-state index in [1.807, 2.05) is 0 Å². The Labute approximate surface area is 85.9 Å². The fraction of sp³-hybridized carbons (Fsp3) is 0.500. The summed E-state index contributed by atoms with van der Waals surface area (Å²) in [5.41, 5.74) is 1.45. The van der Waals surface area contributed by atoms with E-state index in [2.05, 4.69) is 54.6 Å². The van der Waals surface area contributed by atoms with Gasteiger partial charge in [-0.3, -0.25) is 0 Å². The van der Waals surface area contributed by atoms with Crippen molar-refractivity contribution < 1.29 is 0 Å². The zero-order chi connectivity index (χ0) is 9.97. The largest absolute Gasteiger partial charge is 0.314 e. The van der Waals surface area contributed by atoms with Gasteiger partial charge in [-0.15, -0.1) is 0 Å². The molecule has 14 heavy (non-hydrogen) atoms. The second-order valence-electron chi connectivity index (χ2n) is 4.21. The van der Waals surface area contributed by atoms with Gasteiger partial charge in [-0.25, -0.2) is 0 Å². The summed E-state index contributed by atoms with van der Waals surface area (Å²) in [6.07, 6.45) is 0. The van der Waals surface area contributed by atoms with E-state index in [-0.39, 0.29) is 0 Å². The van der Waals surface area contributed by atoms with Gasteiger partial charge in [-0.05, 0) is 19.7 Å². The van der Waals surface area contributed by atoms with Crippen LogP contribution in [0, 0.1) is 0 Å². The summed E-state index contributed by atoms with van der Waals surface area (Å²) < 4.78 is 0. The first kappa shape index (κ1) is 9.69. The maximum absolute atomic E-state index is 3.46. The molecule has 0 spiro atoms. The fourth-order valence-electron chi connectivity index (χ4n) is 2.25. The van der Waals surface area contributed by atoms with E-state index in [0.717, 1.165) is 13.1 Å². The van der Waals surface area contributed by atoms with Crippen LogP contribution in [0.25, 0.3) is 0 Å². The molecule has 1 aliphatic rings. The van der Waals surface area contributed by atoms with E-state index in [9.17, 15) is 0 Å². The van der Waals surface area contributed by atoms with E-state index in [0.29, 0.717) is 12.0 Å². The third-order valence-corrected chi connectivity index (χ3v) is 3.07. The van der Waals surface area contributed by atoms with E-state index < -0.39 is 0 Å². The first-order chi connectivity index (χ1) is 6.79. The highest BCUT2D eigenvalue weighted by molar-refractivity contribution is 5.23. The third-order valence-electron chi connectivity index (χ3n) is 3.07. The molecule has 0 amide bonds. The molecule has 1 aliphatic heterocycles. The number of likely N-dealkylation sites (N-methyl/N-ethyl adjacent to an activating group) is 1. The first-order valence-corrected chi connectivity index (χ1v) is 5.21. The molecule has 1 saturated heterocycles. The minimum absolute atomic E-state index is 0.636. The van der Waals surface area contributed by atoms with Crippen molar-refractivity contribution in [1.29, 1.82) is 0 Å². The van der Waals surface area contributed by atoms with Gasteiger partial charge < -0.3 is 10.2 Å².